The van der Waals surface area contributed by atoms with Gasteiger partial charge in [0.15, 0.2) is 9.84 Å². The molecule has 0 aromatic heterocycles. The first-order valence-electron chi connectivity index (χ1n) is 4.31. The standard InChI is InChI=1S/C9H8FNO3S/c10-6-1-2-7-8(5-6)15(13,14)4-3-9(12)11-7/h1-2,5H,3-4H2,(H,11,12). The molecular formula is C9H8FNO3S. The van der Waals surface area contributed by atoms with E-state index in [-0.39, 0.29) is 28.7 Å². The van der Waals surface area contributed by atoms with Crippen LogP contribution in [0.1, 0.15) is 6.42 Å². The molecule has 6 heteroatoms. The molecule has 0 atom stereocenters. The van der Waals surface area contributed by atoms with E-state index in [1.807, 2.05) is 0 Å². The maximum atomic E-state index is 12.9. The number of fused-ring (bicyclic) bond motifs is 1. The minimum Gasteiger partial charge on any atom is -0.325 e. The van der Waals surface area contributed by atoms with Crippen LogP contribution in [0.2, 0.25) is 0 Å². The molecular weight excluding hydrogens is 221 g/mol. The normalized spacial score (nSPS) is 18.9. The summed E-state index contributed by atoms with van der Waals surface area (Å²) in [5.74, 6) is -1.28. The predicted octanol–water partition coefficient (Wildman–Crippen LogP) is 0.942. The molecule has 0 spiro atoms. The van der Waals surface area contributed by atoms with Crippen molar-refractivity contribution < 1.29 is 17.6 Å². The summed E-state index contributed by atoms with van der Waals surface area (Å²) < 4.78 is 36.2. The van der Waals surface area contributed by atoms with E-state index in [2.05, 4.69) is 5.32 Å². The highest BCUT2D eigenvalue weighted by Crippen LogP contribution is 2.26. The molecule has 0 fully saturated rings. The van der Waals surface area contributed by atoms with E-state index in [9.17, 15) is 17.6 Å². The van der Waals surface area contributed by atoms with Crippen LogP contribution in [0, 0.1) is 5.82 Å². The SMILES string of the molecule is O=C1CCS(=O)(=O)c2cc(F)ccc2N1. The number of anilines is 1. The third kappa shape index (κ3) is 1.85. The van der Waals surface area contributed by atoms with Crippen LogP contribution in [0.5, 0.6) is 0 Å². The molecule has 80 valence electrons. The van der Waals surface area contributed by atoms with Crippen LogP contribution in [-0.2, 0) is 14.6 Å². The average Bonchev–Trinajstić information content (AvgIpc) is 2.27. The first kappa shape index (κ1) is 10.1. The lowest BCUT2D eigenvalue weighted by molar-refractivity contribution is -0.115. The third-order valence-electron chi connectivity index (χ3n) is 2.15. The van der Waals surface area contributed by atoms with Gasteiger partial charge in [0.1, 0.15) is 5.82 Å². The number of amides is 1. The van der Waals surface area contributed by atoms with Crippen LogP contribution in [0.25, 0.3) is 0 Å². The van der Waals surface area contributed by atoms with Gasteiger partial charge in [-0.15, -0.1) is 0 Å². The molecule has 1 aliphatic heterocycles. The Morgan fingerprint density at radius 3 is 2.80 bits per heavy atom. The molecule has 15 heavy (non-hydrogen) atoms. The fourth-order valence-electron chi connectivity index (χ4n) is 1.41. The van der Waals surface area contributed by atoms with Gasteiger partial charge in [-0.05, 0) is 18.2 Å². The van der Waals surface area contributed by atoms with Crippen molar-refractivity contribution in [2.24, 2.45) is 0 Å². The van der Waals surface area contributed by atoms with Crippen LogP contribution in [0.4, 0.5) is 10.1 Å². The Kier molecular flexibility index (Phi) is 2.22. The molecule has 0 radical (unpaired) electrons. The molecule has 0 aliphatic carbocycles. The van der Waals surface area contributed by atoms with Gasteiger partial charge in [-0.1, -0.05) is 0 Å². The molecule has 4 nitrogen and oxygen atoms in total. The van der Waals surface area contributed by atoms with Gasteiger partial charge >= 0.3 is 0 Å². The van der Waals surface area contributed by atoms with Crippen molar-refractivity contribution in [2.75, 3.05) is 11.1 Å². The maximum Gasteiger partial charge on any atom is 0.225 e. The molecule has 1 N–H and O–H groups in total. The number of nitrogens with one attached hydrogen (secondary N) is 1. The Labute approximate surface area is 86.0 Å². The molecule has 1 heterocycles. The lowest BCUT2D eigenvalue weighted by Gasteiger charge is -2.05. The smallest absolute Gasteiger partial charge is 0.225 e. The van der Waals surface area contributed by atoms with Crippen molar-refractivity contribution in [3.63, 3.8) is 0 Å². The molecule has 0 saturated heterocycles. The molecule has 0 bridgehead atoms. The Hall–Kier alpha value is -1.43. The zero-order valence-electron chi connectivity index (χ0n) is 7.66. The minimum atomic E-state index is -3.56. The summed E-state index contributed by atoms with van der Waals surface area (Å²) in [6.45, 7) is 0. The zero-order chi connectivity index (χ0) is 11.1. The average molecular weight is 229 g/mol. The summed E-state index contributed by atoms with van der Waals surface area (Å²) >= 11 is 0. The molecule has 1 aromatic carbocycles. The Balaban J connectivity index is 2.66. The van der Waals surface area contributed by atoms with Crippen LogP contribution < -0.4 is 5.32 Å². The van der Waals surface area contributed by atoms with Gasteiger partial charge in [0.05, 0.1) is 16.3 Å². The zero-order valence-corrected chi connectivity index (χ0v) is 8.47. The number of carbonyl (C=O) groups is 1. The molecule has 1 aromatic rings. The largest absolute Gasteiger partial charge is 0.325 e. The molecule has 0 unspecified atom stereocenters. The Morgan fingerprint density at radius 1 is 1.33 bits per heavy atom. The summed E-state index contributed by atoms with van der Waals surface area (Å²) in [5, 5.41) is 2.42. The molecule has 1 aliphatic rings. The second kappa shape index (κ2) is 3.30. The highest BCUT2D eigenvalue weighted by Gasteiger charge is 2.25. The van der Waals surface area contributed by atoms with E-state index >= 15 is 0 Å². The van der Waals surface area contributed by atoms with E-state index in [1.54, 1.807) is 0 Å². The number of hydrogen-bond donors (Lipinski definition) is 1. The second-order valence-corrected chi connectivity index (χ2v) is 5.34. The number of hydrogen-bond acceptors (Lipinski definition) is 3. The van der Waals surface area contributed by atoms with Crippen LogP contribution in [0.15, 0.2) is 23.1 Å². The van der Waals surface area contributed by atoms with Gasteiger partial charge in [-0.2, -0.15) is 0 Å². The summed E-state index contributed by atoms with van der Waals surface area (Å²) in [6.07, 6.45) is -0.0986. The molecule has 2 rings (SSSR count). The van der Waals surface area contributed by atoms with Gasteiger partial charge in [-0.3, -0.25) is 4.79 Å². The summed E-state index contributed by atoms with van der Waals surface area (Å²) in [6, 6.07) is 3.29. The van der Waals surface area contributed by atoms with E-state index in [0.29, 0.717) is 0 Å². The highest BCUT2D eigenvalue weighted by molar-refractivity contribution is 7.91. The molecule has 0 saturated carbocycles. The van der Waals surface area contributed by atoms with Crippen molar-refractivity contribution >= 4 is 21.4 Å². The van der Waals surface area contributed by atoms with Crippen molar-refractivity contribution in [2.45, 2.75) is 11.3 Å². The minimum absolute atomic E-state index is 0.0986. The number of halogens is 1. The fraction of sp³-hybridized carbons (Fsp3) is 0.222. The van der Waals surface area contributed by atoms with E-state index < -0.39 is 15.7 Å². The van der Waals surface area contributed by atoms with Gasteiger partial charge < -0.3 is 5.32 Å². The summed E-state index contributed by atoms with van der Waals surface area (Å²) in [7, 11) is -3.56. The number of sulfone groups is 1. The second-order valence-electron chi connectivity index (χ2n) is 3.26. The van der Waals surface area contributed by atoms with Gasteiger partial charge in [0, 0.05) is 6.42 Å². The Morgan fingerprint density at radius 2 is 2.07 bits per heavy atom. The van der Waals surface area contributed by atoms with E-state index in [0.717, 1.165) is 12.1 Å². The Bertz CT molecular complexity index is 524. The van der Waals surface area contributed by atoms with Crippen molar-refractivity contribution in [3.05, 3.63) is 24.0 Å². The first-order chi connectivity index (χ1) is 6.99. The van der Waals surface area contributed by atoms with E-state index in [4.69, 9.17) is 0 Å². The monoisotopic (exact) mass is 229 g/mol. The van der Waals surface area contributed by atoms with Crippen LogP contribution >= 0.6 is 0 Å². The number of rotatable bonds is 0. The van der Waals surface area contributed by atoms with Crippen molar-refractivity contribution in [3.8, 4) is 0 Å². The summed E-state index contributed by atoms with van der Waals surface area (Å²) in [4.78, 5) is 11.0. The van der Waals surface area contributed by atoms with Crippen LogP contribution in [0.3, 0.4) is 0 Å². The predicted molar refractivity (Wildman–Crippen MR) is 51.7 cm³/mol. The maximum absolute atomic E-state index is 12.9. The number of benzene rings is 1. The highest BCUT2D eigenvalue weighted by atomic mass is 32.2. The van der Waals surface area contributed by atoms with Gasteiger partial charge in [0.2, 0.25) is 5.91 Å². The summed E-state index contributed by atoms with van der Waals surface area (Å²) in [5.41, 5.74) is 0.152. The van der Waals surface area contributed by atoms with Crippen molar-refractivity contribution in [1.82, 2.24) is 0 Å². The molecule has 1 amide bonds. The van der Waals surface area contributed by atoms with Gasteiger partial charge in [-0.25, -0.2) is 12.8 Å². The fourth-order valence-corrected chi connectivity index (χ4v) is 2.83. The van der Waals surface area contributed by atoms with Crippen LogP contribution in [-0.4, -0.2) is 20.1 Å². The van der Waals surface area contributed by atoms with E-state index in [1.165, 1.54) is 6.07 Å². The van der Waals surface area contributed by atoms with Gasteiger partial charge in [0.25, 0.3) is 0 Å². The topological polar surface area (TPSA) is 63.2 Å². The lowest BCUT2D eigenvalue weighted by Crippen LogP contribution is -2.10. The lowest BCUT2D eigenvalue weighted by atomic mass is 10.3. The quantitative estimate of drug-likeness (QED) is 0.720. The number of carbonyl (C=O) groups excluding carboxylic acids is 1. The first-order valence-corrected chi connectivity index (χ1v) is 5.96. The third-order valence-corrected chi connectivity index (χ3v) is 3.90. The van der Waals surface area contributed by atoms with Crippen molar-refractivity contribution in [1.29, 1.82) is 0 Å².